The standard InChI is InChI=1S/C14H13NO/c1-10-13(11(2)16)4-3-5-14(10)12-6-8-15-9-7-12/h3-9H,1-2H3. The van der Waals surface area contributed by atoms with Crippen molar-refractivity contribution in [3.63, 3.8) is 0 Å². The number of Topliss-reactive ketones (excluding diaryl/α,β-unsaturated/α-hetero) is 1. The number of aromatic nitrogens is 1. The molecule has 0 aliphatic heterocycles. The number of pyridine rings is 1. The fourth-order valence-electron chi connectivity index (χ4n) is 1.86. The van der Waals surface area contributed by atoms with Crippen LogP contribution in [0.25, 0.3) is 11.1 Å². The van der Waals surface area contributed by atoms with E-state index in [0.29, 0.717) is 0 Å². The van der Waals surface area contributed by atoms with E-state index in [2.05, 4.69) is 4.98 Å². The number of ketones is 1. The maximum absolute atomic E-state index is 11.4. The molecule has 1 aromatic heterocycles. The third-order valence-corrected chi connectivity index (χ3v) is 2.70. The first-order valence-corrected chi connectivity index (χ1v) is 5.21. The van der Waals surface area contributed by atoms with Crippen LogP contribution in [0, 0.1) is 6.92 Å². The number of carbonyl (C=O) groups is 1. The summed E-state index contributed by atoms with van der Waals surface area (Å²) in [6.45, 7) is 3.57. The fourth-order valence-corrected chi connectivity index (χ4v) is 1.86. The summed E-state index contributed by atoms with van der Waals surface area (Å²) in [5.74, 6) is 0.105. The molecule has 1 heterocycles. The normalized spacial score (nSPS) is 10.1. The van der Waals surface area contributed by atoms with Gasteiger partial charge in [0, 0.05) is 18.0 Å². The summed E-state index contributed by atoms with van der Waals surface area (Å²) in [7, 11) is 0. The number of hydrogen-bond acceptors (Lipinski definition) is 2. The van der Waals surface area contributed by atoms with Gasteiger partial charge in [-0.25, -0.2) is 0 Å². The average molecular weight is 211 g/mol. The van der Waals surface area contributed by atoms with E-state index >= 15 is 0 Å². The molecule has 16 heavy (non-hydrogen) atoms. The molecule has 2 rings (SSSR count). The van der Waals surface area contributed by atoms with E-state index in [1.807, 2.05) is 37.3 Å². The molecular formula is C14H13NO. The topological polar surface area (TPSA) is 30.0 Å². The maximum Gasteiger partial charge on any atom is 0.160 e. The van der Waals surface area contributed by atoms with E-state index in [9.17, 15) is 4.79 Å². The van der Waals surface area contributed by atoms with Crippen LogP contribution in [-0.4, -0.2) is 10.8 Å². The molecule has 0 N–H and O–H groups in total. The van der Waals surface area contributed by atoms with Crippen LogP contribution in [0.2, 0.25) is 0 Å². The van der Waals surface area contributed by atoms with Gasteiger partial charge in [0.05, 0.1) is 0 Å². The number of nitrogens with zero attached hydrogens (tertiary/aromatic N) is 1. The average Bonchev–Trinajstić information content (AvgIpc) is 2.30. The van der Waals surface area contributed by atoms with Crippen molar-refractivity contribution in [3.8, 4) is 11.1 Å². The SMILES string of the molecule is CC(=O)c1cccc(-c2ccncc2)c1C. The molecule has 0 atom stereocenters. The van der Waals surface area contributed by atoms with Gasteiger partial charge in [-0.1, -0.05) is 18.2 Å². The second-order valence-electron chi connectivity index (χ2n) is 3.77. The molecule has 0 aliphatic rings. The molecule has 0 aliphatic carbocycles. The Morgan fingerprint density at radius 2 is 1.81 bits per heavy atom. The van der Waals surface area contributed by atoms with Gasteiger partial charge in [0.25, 0.3) is 0 Å². The Balaban J connectivity index is 2.59. The molecule has 2 aromatic rings. The van der Waals surface area contributed by atoms with E-state index in [-0.39, 0.29) is 5.78 Å². The Morgan fingerprint density at radius 3 is 2.44 bits per heavy atom. The summed E-state index contributed by atoms with van der Waals surface area (Å²) in [5, 5.41) is 0. The zero-order valence-corrected chi connectivity index (χ0v) is 9.40. The van der Waals surface area contributed by atoms with Crippen LogP contribution in [0.5, 0.6) is 0 Å². The van der Waals surface area contributed by atoms with Gasteiger partial charge in [0.2, 0.25) is 0 Å². The molecule has 0 spiro atoms. The van der Waals surface area contributed by atoms with Crippen LogP contribution in [0.4, 0.5) is 0 Å². The Morgan fingerprint density at radius 1 is 1.12 bits per heavy atom. The van der Waals surface area contributed by atoms with Crippen LogP contribution in [0.3, 0.4) is 0 Å². The predicted octanol–water partition coefficient (Wildman–Crippen LogP) is 3.26. The van der Waals surface area contributed by atoms with E-state index in [1.54, 1.807) is 19.3 Å². The molecule has 0 fully saturated rings. The van der Waals surface area contributed by atoms with Gasteiger partial charge in [-0.2, -0.15) is 0 Å². The highest BCUT2D eigenvalue weighted by Crippen LogP contribution is 2.25. The Kier molecular flexibility index (Phi) is 2.82. The van der Waals surface area contributed by atoms with Gasteiger partial charge in [-0.05, 0) is 42.7 Å². The van der Waals surface area contributed by atoms with Crippen LogP contribution in [-0.2, 0) is 0 Å². The Labute approximate surface area is 95.0 Å². The summed E-state index contributed by atoms with van der Waals surface area (Å²) >= 11 is 0. The lowest BCUT2D eigenvalue weighted by atomic mass is 9.95. The molecule has 2 heteroatoms. The Hall–Kier alpha value is -1.96. The van der Waals surface area contributed by atoms with Crippen molar-refractivity contribution in [2.75, 3.05) is 0 Å². The number of benzene rings is 1. The largest absolute Gasteiger partial charge is 0.295 e. The number of hydrogen-bond donors (Lipinski definition) is 0. The minimum Gasteiger partial charge on any atom is -0.295 e. The van der Waals surface area contributed by atoms with Crippen LogP contribution in [0.1, 0.15) is 22.8 Å². The highest BCUT2D eigenvalue weighted by molar-refractivity contribution is 5.97. The zero-order chi connectivity index (χ0) is 11.5. The molecular weight excluding hydrogens is 198 g/mol. The van der Waals surface area contributed by atoms with Gasteiger partial charge >= 0.3 is 0 Å². The lowest BCUT2D eigenvalue weighted by Gasteiger charge is -2.09. The fraction of sp³-hybridized carbons (Fsp3) is 0.143. The van der Waals surface area contributed by atoms with Crippen LogP contribution >= 0.6 is 0 Å². The van der Waals surface area contributed by atoms with Crippen molar-refractivity contribution in [3.05, 3.63) is 53.9 Å². The molecule has 80 valence electrons. The first-order valence-electron chi connectivity index (χ1n) is 5.21. The van der Waals surface area contributed by atoms with Crippen molar-refractivity contribution in [1.29, 1.82) is 0 Å². The van der Waals surface area contributed by atoms with Gasteiger partial charge in [-0.15, -0.1) is 0 Å². The number of carbonyl (C=O) groups excluding carboxylic acids is 1. The molecule has 2 nitrogen and oxygen atoms in total. The van der Waals surface area contributed by atoms with Crippen molar-refractivity contribution in [1.82, 2.24) is 4.98 Å². The summed E-state index contributed by atoms with van der Waals surface area (Å²) in [4.78, 5) is 15.4. The monoisotopic (exact) mass is 211 g/mol. The first kappa shape index (κ1) is 10.6. The predicted molar refractivity (Wildman–Crippen MR) is 64.4 cm³/mol. The first-order chi connectivity index (χ1) is 7.70. The van der Waals surface area contributed by atoms with Gasteiger partial charge in [0.1, 0.15) is 0 Å². The summed E-state index contributed by atoms with van der Waals surface area (Å²) < 4.78 is 0. The molecule has 0 bridgehead atoms. The molecule has 0 radical (unpaired) electrons. The second-order valence-corrected chi connectivity index (χ2v) is 3.77. The van der Waals surface area contributed by atoms with Crippen LogP contribution < -0.4 is 0 Å². The summed E-state index contributed by atoms with van der Waals surface area (Å²) in [6, 6.07) is 9.71. The summed E-state index contributed by atoms with van der Waals surface area (Å²) in [5.41, 5.74) is 4.00. The zero-order valence-electron chi connectivity index (χ0n) is 9.40. The van der Waals surface area contributed by atoms with Crippen LogP contribution in [0.15, 0.2) is 42.7 Å². The quantitative estimate of drug-likeness (QED) is 0.714. The van der Waals surface area contributed by atoms with Gasteiger partial charge in [0.15, 0.2) is 5.78 Å². The molecule has 0 amide bonds. The molecule has 1 aromatic carbocycles. The third kappa shape index (κ3) is 1.87. The maximum atomic E-state index is 11.4. The lowest BCUT2D eigenvalue weighted by Crippen LogP contribution is -1.97. The molecule has 0 saturated carbocycles. The van der Waals surface area contributed by atoms with E-state index in [0.717, 1.165) is 22.3 Å². The van der Waals surface area contributed by atoms with Gasteiger partial charge in [-0.3, -0.25) is 9.78 Å². The lowest BCUT2D eigenvalue weighted by molar-refractivity contribution is 0.101. The van der Waals surface area contributed by atoms with Crippen molar-refractivity contribution >= 4 is 5.78 Å². The van der Waals surface area contributed by atoms with E-state index in [4.69, 9.17) is 0 Å². The molecule has 0 saturated heterocycles. The van der Waals surface area contributed by atoms with E-state index in [1.165, 1.54) is 0 Å². The highest BCUT2D eigenvalue weighted by atomic mass is 16.1. The van der Waals surface area contributed by atoms with Crippen molar-refractivity contribution < 1.29 is 4.79 Å². The second kappa shape index (κ2) is 4.27. The van der Waals surface area contributed by atoms with Crippen molar-refractivity contribution in [2.24, 2.45) is 0 Å². The summed E-state index contributed by atoms with van der Waals surface area (Å²) in [6.07, 6.45) is 3.52. The minimum absolute atomic E-state index is 0.105. The smallest absolute Gasteiger partial charge is 0.160 e. The minimum atomic E-state index is 0.105. The van der Waals surface area contributed by atoms with E-state index < -0.39 is 0 Å². The Bertz CT molecular complexity index is 518. The third-order valence-electron chi connectivity index (χ3n) is 2.70. The number of rotatable bonds is 2. The molecule has 0 unspecified atom stereocenters. The highest BCUT2D eigenvalue weighted by Gasteiger charge is 2.08. The van der Waals surface area contributed by atoms with Gasteiger partial charge < -0.3 is 0 Å². The van der Waals surface area contributed by atoms with Crippen molar-refractivity contribution in [2.45, 2.75) is 13.8 Å².